The second-order valence-corrected chi connectivity index (χ2v) is 4.03. The van der Waals surface area contributed by atoms with Gasteiger partial charge in [-0.3, -0.25) is 0 Å². The van der Waals surface area contributed by atoms with Crippen LogP contribution < -0.4 is 4.74 Å². The molecule has 1 aromatic heterocycles. The van der Waals surface area contributed by atoms with Gasteiger partial charge in [-0.15, -0.1) is 0 Å². The van der Waals surface area contributed by atoms with Crippen LogP contribution in [0.4, 0.5) is 0 Å². The summed E-state index contributed by atoms with van der Waals surface area (Å²) in [5.41, 5.74) is 1.70. The molecule has 2 nitrogen and oxygen atoms in total. The summed E-state index contributed by atoms with van der Waals surface area (Å²) in [4.78, 5) is 4.22. The van der Waals surface area contributed by atoms with Crippen LogP contribution in [0.1, 0.15) is 5.56 Å². The molecular formula is C11H9Cl2NO. The second kappa shape index (κ2) is 3.87. The van der Waals surface area contributed by atoms with E-state index in [1.54, 1.807) is 25.3 Å². The van der Waals surface area contributed by atoms with Crippen molar-refractivity contribution in [1.82, 2.24) is 4.98 Å². The molecule has 0 atom stereocenters. The fourth-order valence-electron chi connectivity index (χ4n) is 1.59. The van der Waals surface area contributed by atoms with Gasteiger partial charge in [0.15, 0.2) is 0 Å². The van der Waals surface area contributed by atoms with Gasteiger partial charge in [0.1, 0.15) is 16.4 Å². The van der Waals surface area contributed by atoms with E-state index < -0.39 is 0 Å². The molecule has 15 heavy (non-hydrogen) atoms. The minimum Gasteiger partial charge on any atom is -0.494 e. The van der Waals surface area contributed by atoms with Gasteiger partial charge in [0.25, 0.3) is 0 Å². The van der Waals surface area contributed by atoms with Crippen molar-refractivity contribution in [2.75, 3.05) is 7.11 Å². The zero-order valence-corrected chi connectivity index (χ0v) is 9.86. The number of benzene rings is 1. The van der Waals surface area contributed by atoms with Crippen LogP contribution in [0.15, 0.2) is 18.2 Å². The molecule has 2 aromatic rings. The van der Waals surface area contributed by atoms with Gasteiger partial charge in [-0.2, -0.15) is 0 Å². The lowest BCUT2D eigenvalue weighted by atomic mass is 10.1. The smallest absolute Gasteiger partial charge is 0.145 e. The number of pyridine rings is 1. The first-order valence-corrected chi connectivity index (χ1v) is 5.18. The molecule has 0 aliphatic heterocycles. The van der Waals surface area contributed by atoms with Crippen molar-refractivity contribution in [3.63, 3.8) is 0 Å². The molecule has 0 saturated heterocycles. The van der Waals surface area contributed by atoms with E-state index in [2.05, 4.69) is 4.98 Å². The molecular weight excluding hydrogens is 233 g/mol. The molecule has 0 N–H and O–H groups in total. The molecule has 0 bridgehead atoms. The second-order valence-electron chi connectivity index (χ2n) is 3.24. The summed E-state index contributed by atoms with van der Waals surface area (Å²) in [6.45, 7) is 1.95. The van der Waals surface area contributed by atoms with Crippen LogP contribution >= 0.6 is 23.2 Å². The Kier molecular flexibility index (Phi) is 2.72. The number of aryl methyl sites for hydroxylation is 1. The minimum atomic E-state index is 0.445. The van der Waals surface area contributed by atoms with Crippen LogP contribution in [0.25, 0.3) is 10.9 Å². The largest absolute Gasteiger partial charge is 0.494 e. The summed E-state index contributed by atoms with van der Waals surface area (Å²) in [6, 6.07) is 5.37. The molecule has 1 heterocycles. The maximum Gasteiger partial charge on any atom is 0.145 e. The molecule has 0 fully saturated rings. The third-order valence-corrected chi connectivity index (χ3v) is 2.77. The average molecular weight is 242 g/mol. The number of methoxy groups -OCH3 is 1. The number of aromatic nitrogens is 1. The van der Waals surface area contributed by atoms with Crippen molar-refractivity contribution >= 4 is 34.1 Å². The molecule has 0 saturated carbocycles. The topological polar surface area (TPSA) is 22.1 Å². The van der Waals surface area contributed by atoms with E-state index in [0.29, 0.717) is 21.4 Å². The summed E-state index contributed by atoms with van der Waals surface area (Å²) in [5, 5.41) is 1.99. The fraction of sp³-hybridized carbons (Fsp3) is 0.182. The number of rotatable bonds is 1. The van der Waals surface area contributed by atoms with E-state index in [0.717, 1.165) is 10.9 Å². The third kappa shape index (κ3) is 1.75. The van der Waals surface area contributed by atoms with Crippen molar-refractivity contribution in [3.8, 4) is 5.75 Å². The van der Waals surface area contributed by atoms with E-state index in [-0.39, 0.29) is 0 Å². The molecule has 4 heteroatoms. The highest BCUT2D eigenvalue weighted by molar-refractivity contribution is 6.36. The van der Waals surface area contributed by atoms with Crippen molar-refractivity contribution in [2.24, 2.45) is 0 Å². The Morgan fingerprint density at radius 2 is 2.00 bits per heavy atom. The van der Waals surface area contributed by atoms with Gasteiger partial charge < -0.3 is 4.74 Å². The molecule has 0 aliphatic carbocycles. The van der Waals surface area contributed by atoms with Crippen molar-refractivity contribution in [1.29, 1.82) is 0 Å². The summed E-state index contributed by atoms with van der Waals surface area (Å²) in [5.74, 6) is 0.681. The van der Waals surface area contributed by atoms with Crippen LogP contribution in [0.2, 0.25) is 10.2 Å². The van der Waals surface area contributed by atoms with Gasteiger partial charge >= 0.3 is 0 Å². The molecule has 0 radical (unpaired) electrons. The molecule has 0 spiro atoms. The van der Waals surface area contributed by atoms with E-state index in [9.17, 15) is 0 Å². The standard InChI is InChI=1S/C11H9Cl2NO/c1-6-5-9(13)14-11-8(15-2)4-3-7(12)10(6)11/h3-5H,1-2H3. The number of halogens is 2. The lowest BCUT2D eigenvalue weighted by molar-refractivity contribution is 0.419. The SMILES string of the molecule is COc1ccc(Cl)c2c(C)cc(Cl)nc12. The Bertz CT molecular complexity index is 525. The minimum absolute atomic E-state index is 0.445. The maximum atomic E-state index is 6.10. The molecule has 0 amide bonds. The predicted octanol–water partition coefficient (Wildman–Crippen LogP) is 3.86. The van der Waals surface area contributed by atoms with Crippen LogP contribution in [-0.4, -0.2) is 12.1 Å². The van der Waals surface area contributed by atoms with Crippen LogP contribution in [0.5, 0.6) is 5.75 Å². The highest BCUT2D eigenvalue weighted by atomic mass is 35.5. The van der Waals surface area contributed by atoms with E-state index in [1.165, 1.54) is 0 Å². The number of hydrogen-bond acceptors (Lipinski definition) is 2. The maximum absolute atomic E-state index is 6.10. The van der Waals surface area contributed by atoms with Gasteiger partial charge in [-0.25, -0.2) is 4.98 Å². The quantitative estimate of drug-likeness (QED) is 0.708. The normalized spacial score (nSPS) is 10.7. The average Bonchev–Trinajstić information content (AvgIpc) is 2.17. The van der Waals surface area contributed by atoms with Gasteiger partial charge in [0.2, 0.25) is 0 Å². The van der Waals surface area contributed by atoms with Crippen LogP contribution in [0.3, 0.4) is 0 Å². The fourth-order valence-corrected chi connectivity index (χ4v) is 2.14. The van der Waals surface area contributed by atoms with E-state index in [1.807, 2.05) is 6.92 Å². The predicted molar refractivity (Wildman–Crippen MR) is 63.1 cm³/mol. The summed E-state index contributed by atoms with van der Waals surface area (Å²) in [6.07, 6.45) is 0. The van der Waals surface area contributed by atoms with Gasteiger partial charge in [-0.05, 0) is 30.7 Å². The number of fused-ring (bicyclic) bond motifs is 1. The van der Waals surface area contributed by atoms with Crippen molar-refractivity contribution in [3.05, 3.63) is 33.9 Å². The first-order valence-electron chi connectivity index (χ1n) is 4.43. The van der Waals surface area contributed by atoms with E-state index >= 15 is 0 Å². The van der Waals surface area contributed by atoms with Crippen LogP contribution in [-0.2, 0) is 0 Å². The zero-order valence-electron chi connectivity index (χ0n) is 8.34. The zero-order chi connectivity index (χ0) is 11.0. The molecule has 0 unspecified atom stereocenters. The first kappa shape index (κ1) is 10.5. The Hall–Kier alpha value is -0.990. The highest BCUT2D eigenvalue weighted by Gasteiger charge is 2.10. The van der Waals surface area contributed by atoms with Crippen LogP contribution in [0, 0.1) is 6.92 Å². The summed E-state index contributed by atoms with van der Waals surface area (Å²) < 4.78 is 5.21. The van der Waals surface area contributed by atoms with Crippen molar-refractivity contribution < 1.29 is 4.74 Å². The van der Waals surface area contributed by atoms with Gasteiger partial charge in [0, 0.05) is 5.39 Å². The van der Waals surface area contributed by atoms with E-state index in [4.69, 9.17) is 27.9 Å². The number of nitrogens with zero attached hydrogens (tertiary/aromatic N) is 1. The Morgan fingerprint density at radius 1 is 1.27 bits per heavy atom. The summed E-state index contributed by atoms with van der Waals surface area (Å²) >= 11 is 12.0. The Labute approximate surface area is 97.8 Å². The van der Waals surface area contributed by atoms with Gasteiger partial charge in [0.05, 0.1) is 12.1 Å². The van der Waals surface area contributed by atoms with Crippen molar-refractivity contribution in [2.45, 2.75) is 6.92 Å². The highest BCUT2D eigenvalue weighted by Crippen LogP contribution is 2.33. The Morgan fingerprint density at radius 3 is 2.67 bits per heavy atom. The lowest BCUT2D eigenvalue weighted by Crippen LogP contribution is -1.91. The third-order valence-electron chi connectivity index (χ3n) is 2.26. The monoisotopic (exact) mass is 241 g/mol. The Balaban J connectivity index is 2.93. The molecule has 0 aliphatic rings. The van der Waals surface area contributed by atoms with Gasteiger partial charge in [-0.1, -0.05) is 23.2 Å². The number of ether oxygens (including phenoxy) is 1. The first-order chi connectivity index (χ1) is 7.13. The summed E-state index contributed by atoms with van der Waals surface area (Å²) in [7, 11) is 1.60. The molecule has 1 aromatic carbocycles. The lowest BCUT2D eigenvalue weighted by Gasteiger charge is -2.08. The molecule has 78 valence electrons. The number of hydrogen-bond donors (Lipinski definition) is 0. The molecule has 2 rings (SSSR count).